The standard InChI is InChI=1S/C21H25ClO7/c1-3-28-15-7-4-12(5-8-15)10-13-11-14(6-9-16(13)22)21(26)19(25)17(23)18(24)20(27-2)29-21/h4-9,11,17-20,23-26H,3,10H2,1-2H3/t17-,18-,19+,20-,21-/m0/s1. The van der Waals surface area contributed by atoms with Crippen LogP contribution < -0.4 is 4.74 Å². The fourth-order valence-electron chi connectivity index (χ4n) is 3.35. The van der Waals surface area contributed by atoms with Gasteiger partial charge in [-0.15, -0.1) is 0 Å². The van der Waals surface area contributed by atoms with Crippen molar-refractivity contribution in [3.05, 3.63) is 64.2 Å². The summed E-state index contributed by atoms with van der Waals surface area (Å²) in [4.78, 5) is 0. The van der Waals surface area contributed by atoms with E-state index in [1.807, 2.05) is 31.2 Å². The summed E-state index contributed by atoms with van der Waals surface area (Å²) in [5.41, 5.74) is 1.84. The summed E-state index contributed by atoms with van der Waals surface area (Å²) < 4.78 is 15.8. The molecule has 5 atom stereocenters. The lowest BCUT2D eigenvalue weighted by molar-refractivity contribution is -0.395. The Kier molecular flexibility index (Phi) is 6.80. The first kappa shape index (κ1) is 22.0. The zero-order chi connectivity index (χ0) is 21.2. The van der Waals surface area contributed by atoms with Gasteiger partial charge in [0.25, 0.3) is 0 Å². The first-order valence-corrected chi connectivity index (χ1v) is 9.65. The molecule has 0 spiro atoms. The number of aliphatic hydroxyl groups is 4. The van der Waals surface area contributed by atoms with Crippen molar-refractivity contribution in [3.63, 3.8) is 0 Å². The van der Waals surface area contributed by atoms with Gasteiger partial charge in [-0.25, -0.2) is 0 Å². The van der Waals surface area contributed by atoms with Crippen molar-refractivity contribution in [1.29, 1.82) is 0 Å². The van der Waals surface area contributed by atoms with Gasteiger partial charge in [-0.2, -0.15) is 0 Å². The summed E-state index contributed by atoms with van der Waals surface area (Å²) in [5, 5.41) is 41.9. The highest BCUT2D eigenvalue weighted by Gasteiger charge is 2.54. The van der Waals surface area contributed by atoms with E-state index in [2.05, 4.69) is 0 Å². The SMILES string of the molecule is CCOc1ccc(Cc2cc([C@]3(O)O[C@H](OC)[C@@H](O)[C@H](O)[C@H]3O)ccc2Cl)cc1. The molecule has 1 heterocycles. The molecule has 7 nitrogen and oxygen atoms in total. The molecule has 29 heavy (non-hydrogen) atoms. The smallest absolute Gasteiger partial charge is 0.224 e. The number of hydrogen-bond donors (Lipinski definition) is 4. The van der Waals surface area contributed by atoms with Crippen molar-refractivity contribution < 1.29 is 34.6 Å². The second kappa shape index (κ2) is 8.97. The molecule has 1 aliphatic rings. The maximum absolute atomic E-state index is 11.0. The lowest BCUT2D eigenvalue weighted by atomic mass is 9.89. The number of rotatable bonds is 6. The van der Waals surface area contributed by atoms with Gasteiger partial charge < -0.3 is 34.6 Å². The Morgan fingerprint density at radius 2 is 1.76 bits per heavy atom. The molecular formula is C21H25ClO7. The van der Waals surface area contributed by atoms with Crippen LogP contribution in [0.5, 0.6) is 5.75 Å². The lowest BCUT2D eigenvalue weighted by Gasteiger charge is -2.45. The highest BCUT2D eigenvalue weighted by Crippen LogP contribution is 2.38. The predicted molar refractivity (Wildman–Crippen MR) is 106 cm³/mol. The van der Waals surface area contributed by atoms with Gasteiger partial charge in [0, 0.05) is 17.7 Å². The van der Waals surface area contributed by atoms with Crippen LogP contribution in [-0.4, -0.2) is 58.7 Å². The summed E-state index contributed by atoms with van der Waals surface area (Å²) in [6.45, 7) is 2.49. The second-order valence-electron chi connectivity index (χ2n) is 6.90. The Balaban J connectivity index is 1.89. The van der Waals surface area contributed by atoms with E-state index in [0.717, 1.165) is 11.3 Å². The van der Waals surface area contributed by atoms with Crippen molar-refractivity contribution in [2.75, 3.05) is 13.7 Å². The number of benzene rings is 2. The van der Waals surface area contributed by atoms with E-state index in [9.17, 15) is 20.4 Å². The zero-order valence-electron chi connectivity index (χ0n) is 16.2. The fourth-order valence-corrected chi connectivity index (χ4v) is 3.53. The predicted octanol–water partition coefficient (Wildman–Crippen LogP) is 1.56. The third-order valence-electron chi connectivity index (χ3n) is 4.97. The summed E-state index contributed by atoms with van der Waals surface area (Å²) in [7, 11) is 1.26. The number of ether oxygens (including phenoxy) is 3. The van der Waals surface area contributed by atoms with Crippen LogP contribution in [0.25, 0.3) is 0 Å². The van der Waals surface area contributed by atoms with Crippen LogP contribution >= 0.6 is 11.6 Å². The van der Waals surface area contributed by atoms with Crippen LogP contribution in [0, 0.1) is 0 Å². The number of aliphatic hydroxyl groups excluding tert-OH is 3. The van der Waals surface area contributed by atoms with Crippen LogP contribution in [-0.2, 0) is 21.7 Å². The molecule has 0 radical (unpaired) electrons. The maximum Gasteiger partial charge on any atom is 0.224 e. The van der Waals surface area contributed by atoms with Crippen LogP contribution in [0.2, 0.25) is 5.02 Å². The maximum atomic E-state index is 11.0. The average Bonchev–Trinajstić information content (AvgIpc) is 2.72. The highest BCUT2D eigenvalue weighted by molar-refractivity contribution is 6.31. The molecule has 8 heteroatoms. The molecule has 4 N–H and O–H groups in total. The van der Waals surface area contributed by atoms with Crippen LogP contribution in [0.3, 0.4) is 0 Å². The molecule has 2 aromatic rings. The minimum Gasteiger partial charge on any atom is -0.494 e. The average molecular weight is 425 g/mol. The monoisotopic (exact) mass is 424 g/mol. The Morgan fingerprint density at radius 3 is 2.38 bits per heavy atom. The lowest BCUT2D eigenvalue weighted by Crippen LogP contribution is -2.63. The van der Waals surface area contributed by atoms with Gasteiger partial charge in [-0.05, 0) is 48.7 Å². The summed E-state index contributed by atoms with van der Waals surface area (Å²) in [5.74, 6) is -1.51. The van der Waals surface area contributed by atoms with E-state index in [0.29, 0.717) is 23.6 Å². The number of halogens is 1. The Hall–Kier alpha value is -1.71. The summed E-state index contributed by atoms with van der Waals surface area (Å²) >= 11 is 6.33. The molecule has 3 rings (SSSR count). The van der Waals surface area contributed by atoms with Gasteiger partial charge in [-0.3, -0.25) is 0 Å². The van der Waals surface area contributed by atoms with Crippen molar-refractivity contribution in [3.8, 4) is 5.75 Å². The molecule has 0 amide bonds. The first-order chi connectivity index (χ1) is 13.8. The van der Waals surface area contributed by atoms with E-state index < -0.39 is 30.4 Å². The fraction of sp³-hybridized carbons (Fsp3) is 0.429. The molecule has 0 unspecified atom stereocenters. The Morgan fingerprint density at radius 1 is 1.07 bits per heavy atom. The van der Waals surface area contributed by atoms with Crippen molar-refractivity contribution >= 4 is 11.6 Å². The summed E-state index contributed by atoms with van der Waals surface area (Å²) in [6, 6.07) is 12.2. The van der Waals surface area contributed by atoms with Gasteiger partial charge >= 0.3 is 0 Å². The van der Waals surface area contributed by atoms with Gasteiger partial charge in [-0.1, -0.05) is 29.8 Å². The van der Waals surface area contributed by atoms with E-state index >= 15 is 0 Å². The van der Waals surface area contributed by atoms with Crippen molar-refractivity contribution in [1.82, 2.24) is 0 Å². The number of hydrogen-bond acceptors (Lipinski definition) is 7. The van der Waals surface area contributed by atoms with Crippen LogP contribution in [0.1, 0.15) is 23.6 Å². The largest absolute Gasteiger partial charge is 0.494 e. The van der Waals surface area contributed by atoms with Crippen LogP contribution in [0.4, 0.5) is 0 Å². The quantitative estimate of drug-likeness (QED) is 0.557. The molecule has 2 aromatic carbocycles. The van der Waals surface area contributed by atoms with Gasteiger partial charge in [0.2, 0.25) is 5.79 Å². The zero-order valence-corrected chi connectivity index (χ0v) is 16.9. The normalized spacial score (nSPS) is 29.6. The topological polar surface area (TPSA) is 109 Å². The summed E-state index contributed by atoms with van der Waals surface area (Å²) in [6.07, 6.45) is -5.81. The molecule has 0 saturated carbocycles. The van der Waals surface area contributed by atoms with E-state index in [1.165, 1.54) is 13.2 Å². The first-order valence-electron chi connectivity index (χ1n) is 9.28. The molecule has 1 aliphatic heterocycles. The van der Waals surface area contributed by atoms with Gasteiger partial charge in [0.1, 0.15) is 24.1 Å². The number of methoxy groups -OCH3 is 1. The minimum absolute atomic E-state index is 0.184. The van der Waals surface area contributed by atoms with Crippen molar-refractivity contribution in [2.45, 2.75) is 43.7 Å². The molecule has 0 aliphatic carbocycles. The molecule has 0 aromatic heterocycles. The molecular weight excluding hydrogens is 400 g/mol. The molecule has 0 bridgehead atoms. The van der Waals surface area contributed by atoms with Crippen molar-refractivity contribution in [2.24, 2.45) is 0 Å². The molecule has 1 saturated heterocycles. The third-order valence-corrected chi connectivity index (χ3v) is 5.34. The molecule has 158 valence electrons. The van der Waals surface area contributed by atoms with Gasteiger partial charge in [0.15, 0.2) is 6.29 Å². The Labute approximate surface area is 174 Å². The third kappa shape index (κ3) is 4.41. The van der Waals surface area contributed by atoms with E-state index in [-0.39, 0.29) is 5.56 Å². The van der Waals surface area contributed by atoms with Crippen LogP contribution in [0.15, 0.2) is 42.5 Å². The minimum atomic E-state index is -2.28. The van der Waals surface area contributed by atoms with E-state index in [4.69, 9.17) is 25.8 Å². The molecule has 1 fully saturated rings. The second-order valence-corrected chi connectivity index (χ2v) is 7.31. The Bertz CT molecular complexity index is 826. The highest BCUT2D eigenvalue weighted by atomic mass is 35.5. The van der Waals surface area contributed by atoms with E-state index in [1.54, 1.807) is 12.1 Å². The van der Waals surface area contributed by atoms with Gasteiger partial charge in [0.05, 0.1) is 6.61 Å².